The van der Waals surface area contributed by atoms with Crippen LogP contribution in [0.5, 0.6) is 5.75 Å². The first-order chi connectivity index (χ1) is 9.06. The molecule has 2 rings (SSSR count). The Morgan fingerprint density at radius 1 is 1.37 bits per heavy atom. The monoisotopic (exact) mass is 301 g/mol. The van der Waals surface area contributed by atoms with Crippen LogP contribution in [0, 0.1) is 0 Å². The predicted molar refractivity (Wildman–Crippen MR) is 77.0 cm³/mol. The van der Waals surface area contributed by atoms with Crippen LogP contribution in [0.4, 0.5) is 0 Å². The second kappa shape index (κ2) is 6.49. The van der Waals surface area contributed by atoms with Crippen molar-refractivity contribution in [3.8, 4) is 5.75 Å². The first-order valence-electron chi connectivity index (χ1n) is 6.48. The van der Waals surface area contributed by atoms with Gasteiger partial charge in [0, 0.05) is 17.1 Å². The molecule has 0 saturated heterocycles. The van der Waals surface area contributed by atoms with E-state index in [1.165, 1.54) is 12.8 Å². The standard InChI is InChI=1S/C14H17Cl2NO2/c1-9(14(18)17-11-4-2-3-5-11)19-13-8-10(15)6-7-12(13)16/h6-9,11H,2-5H2,1H3,(H,17,18)/t9-/m1/s1. The number of carbonyl (C=O) groups is 1. The summed E-state index contributed by atoms with van der Waals surface area (Å²) in [5.41, 5.74) is 0. The van der Waals surface area contributed by atoms with Crippen molar-refractivity contribution in [1.82, 2.24) is 5.32 Å². The van der Waals surface area contributed by atoms with Crippen molar-refractivity contribution in [2.75, 3.05) is 0 Å². The number of halogens is 2. The lowest BCUT2D eigenvalue weighted by Gasteiger charge is -2.18. The number of benzene rings is 1. The number of hydrogen-bond donors (Lipinski definition) is 1. The maximum atomic E-state index is 12.0. The lowest BCUT2D eigenvalue weighted by molar-refractivity contribution is -0.127. The largest absolute Gasteiger partial charge is 0.479 e. The van der Waals surface area contributed by atoms with E-state index in [1.54, 1.807) is 25.1 Å². The molecule has 1 N–H and O–H groups in total. The van der Waals surface area contributed by atoms with Crippen LogP contribution in [0.3, 0.4) is 0 Å². The van der Waals surface area contributed by atoms with Crippen LogP contribution in [-0.2, 0) is 4.79 Å². The molecule has 0 radical (unpaired) electrons. The lowest BCUT2D eigenvalue weighted by Crippen LogP contribution is -2.41. The van der Waals surface area contributed by atoms with Crippen molar-refractivity contribution in [1.29, 1.82) is 0 Å². The molecule has 1 fully saturated rings. The average molecular weight is 302 g/mol. The van der Waals surface area contributed by atoms with Crippen LogP contribution in [-0.4, -0.2) is 18.1 Å². The zero-order chi connectivity index (χ0) is 13.8. The Bertz CT molecular complexity index is 459. The summed E-state index contributed by atoms with van der Waals surface area (Å²) in [5, 5.41) is 3.97. The molecule has 0 bridgehead atoms. The fourth-order valence-electron chi connectivity index (χ4n) is 2.20. The molecule has 19 heavy (non-hydrogen) atoms. The average Bonchev–Trinajstić information content (AvgIpc) is 2.86. The predicted octanol–water partition coefficient (Wildman–Crippen LogP) is 3.82. The molecule has 0 unspecified atom stereocenters. The number of rotatable bonds is 4. The van der Waals surface area contributed by atoms with Gasteiger partial charge in [-0.15, -0.1) is 0 Å². The van der Waals surface area contributed by atoms with Crippen molar-refractivity contribution in [2.45, 2.75) is 44.8 Å². The third-order valence-corrected chi connectivity index (χ3v) is 3.82. The second-order valence-corrected chi connectivity index (χ2v) is 5.67. The topological polar surface area (TPSA) is 38.3 Å². The molecule has 1 aliphatic carbocycles. The van der Waals surface area contributed by atoms with E-state index < -0.39 is 6.10 Å². The molecular weight excluding hydrogens is 285 g/mol. The fraction of sp³-hybridized carbons (Fsp3) is 0.500. The van der Waals surface area contributed by atoms with Gasteiger partial charge in [-0.05, 0) is 31.9 Å². The van der Waals surface area contributed by atoms with Crippen LogP contribution in [0.1, 0.15) is 32.6 Å². The molecule has 0 spiro atoms. The van der Waals surface area contributed by atoms with E-state index in [4.69, 9.17) is 27.9 Å². The highest BCUT2D eigenvalue weighted by Gasteiger charge is 2.22. The minimum atomic E-state index is -0.587. The van der Waals surface area contributed by atoms with Crippen LogP contribution in [0.2, 0.25) is 10.0 Å². The molecule has 0 aromatic heterocycles. The normalized spacial score (nSPS) is 17.2. The molecule has 1 amide bonds. The molecular formula is C14H17Cl2NO2. The first kappa shape index (κ1) is 14.5. The Morgan fingerprint density at radius 3 is 2.74 bits per heavy atom. The van der Waals surface area contributed by atoms with Gasteiger partial charge in [-0.3, -0.25) is 4.79 Å². The lowest BCUT2D eigenvalue weighted by atomic mass is 10.2. The summed E-state index contributed by atoms with van der Waals surface area (Å²) in [6.07, 6.45) is 3.88. The maximum Gasteiger partial charge on any atom is 0.260 e. The SMILES string of the molecule is C[C@@H](Oc1cc(Cl)ccc1Cl)C(=O)NC1CCCC1. The molecule has 1 aliphatic rings. The first-order valence-corrected chi connectivity index (χ1v) is 7.24. The van der Waals surface area contributed by atoms with Crippen molar-refractivity contribution in [2.24, 2.45) is 0 Å². The van der Waals surface area contributed by atoms with Gasteiger partial charge in [0.15, 0.2) is 6.10 Å². The Kier molecular flexibility index (Phi) is 4.94. The highest BCUT2D eigenvalue weighted by atomic mass is 35.5. The number of ether oxygens (including phenoxy) is 1. The molecule has 104 valence electrons. The highest BCUT2D eigenvalue weighted by molar-refractivity contribution is 6.34. The summed E-state index contributed by atoms with van der Waals surface area (Å²) >= 11 is 11.9. The third-order valence-electron chi connectivity index (χ3n) is 3.27. The van der Waals surface area contributed by atoms with E-state index in [0.717, 1.165) is 12.8 Å². The van der Waals surface area contributed by atoms with Gasteiger partial charge in [-0.25, -0.2) is 0 Å². The minimum absolute atomic E-state index is 0.108. The van der Waals surface area contributed by atoms with Crippen LogP contribution in [0.25, 0.3) is 0 Å². The zero-order valence-electron chi connectivity index (χ0n) is 10.8. The molecule has 1 atom stereocenters. The third kappa shape index (κ3) is 4.02. The molecule has 5 heteroatoms. The van der Waals surface area contributed by atoms with Gasteiger partial charge in [0.2, 0.25) is 0 Å². The van der Waals surface area contributed by atoms with Crippen molar-refractivity contribution in [3.63, 3.8) is 0 Å². The molecule has 1 saturated carbocycles. The van der Waals surface area contributed by atoms with Gasteiger partial charge in [0.05, 0.1) is 5.02 Å². The second-order valence-electron chi connectivity index (χ2n) is 4.82. The van der Waals surface area contributed by atoms with Gasteiger partial charge < -0.3 is 10.1 Å². The summed E-state index contributed by atoms with van der Waals surface area (Å²) in [6.45, 7) is 1.71. The smallest absolute Gasteiger partial charge is 0.260 e. The van der Waals surface area contributed by atoms with Gasteiger partial charge in [0.25, 0.3) is 5.91 Å². The van der Waals surface area contributed by atoms with Gasteiger partial charge in [-0.1, -0.05) is 36.0 Å². The van der Waals surface area contributed by atoms with E-state index in [1.807, 2.05) is 0 Å². The van der Waals surface area contributed by atoms with Crippen LogP contribution >= 0.6 is 23.2 Å². The van der Waals surface area contributed by atoms with E-state index in [-0.39, 0.29) is 11.9 Å². The number of amides is 1. The van der Waals surface area contributed by atoms with Gasteiger partial charge in [-0.2, -0.15) is 0 Å². The van der Waals surface area contributed by atoms with Crippen LogP contribution in [0.15, 0.2) is 18.2 Å². The number of hydrogen-bond acceptors (Lipinski definition) is 2. The maximum absolute atomic E-state index is 12.0. The van der Waals surface area contributed by atoms with Crippen molar-refractivity contribution < 1.29 is 9.53 Å². The van der Waals surface area contributed by atoms with E-state index in [2.05, 4.69) is 5.32 Å². The van der Waals surface area contributed by atoms with E-state index in [9.17, 15) is 4.79 Å². The molecule has 0 aliphatic heterocycles. The summed E-state index contributed by atoms with van der Waals surface area (Å²) in [7, 11) is 0. The summed E-state index contributed by atoms with van der Waals surface area (Å²) in [5.74, 6) is 0.325. The number of carbonyl (C=O) groups excluding carboxylic acids is 1. The quantitative estimate of drug-likeness (QED) is 0.918. The number of nitrogens with one attached hydrogen (secondary N) is 1. The molecule has 0 heterocycles. The zero-order valence-corrected chi connectivity index (χ0v) is 12.3. The van der Waals surface area contributed by atoms with Crippen LogP contribution < -0.4 is 10.1 Å². The van der Waals surface area contributed by atoms with Crippen molar-refractivity contribution in [3.05, 3.63) is 28.2 Å². The summed E-state index contributed by atoms with van der Waals surface area (Å²) in [6, 6.07) is 5.23. The fourth-order valence-corrected chi connectivity index (χ4v) is 2.52. The van der Waals surface area contributed by atoms with E-state index in [0.29, 0.717) is 15.8 Å². The van der Waals surface area contributed by atoms with Gasteiger partial charge in [0.1, 0.15) is 5.75 Å². The molecule has 3 nitrogen and oxygen atoms in total. The Hall–Kier alpha value is -0.930. The Labute approximate surface area is 123 Å². The van der Waals surface area contributed by atoms with Gasteiger partial charge >= 0.3 is 0 Å². The van der Waals surface area contributed by atoms with E-state index >= 15 is 0 Å². The molecule has 1 aromatic carbocycles. The summed E-state index contributed by atoms with van der Waals surface area (Å²) < 4.78 is 5.57. The Morgan fingerprint density at radius 2 is 2.05 bits per heavy atom. The summed E-state index contributed by atoms with van der Waals surface area (Å²) in [4.78, 5) is 12.0. The van der Waals surface area contributed by atoms with Crippen molar-refractivity contribution >= 4 is 29.1 Å². The Balaban J connectivity index is 1.93. The minimum Gasteiger partial charge on any atom is -0.479 e. The molecule has 1 aromatic rings. The highest BCUT2D eigenvalue weighted by Crippen LogP contribution is 2.28.